The van der Waals surface area contributed by atoms with Crippen molar-refractivity contribution in [2.75, 3.05) is 21.1 Å². The lowest BCUT2D eigenvalue weighted by molar-refractivity contribution is -0.117. The van der Waals surface area contributed by atoms with Gasteiger partial charge < -0.3 is 14.1 Å². The van der Waals surface area contributed by atoms with Crippen LogP contribution in [0.2, 0.25) is 6.32 Å². The van der Waals surface area contributed by atoms with Crippen molar-refractivity contribution in [2.24, 2.45) is 0 Å². The summed E-state index contributed by atoms with van der Waals surface area (Å²) in [5, 5.41) is 0. The monoisotopic (exact) mass is 360 g/mol. The number of aromatic nitrogens is 1. The van der Waals surface area contributed by atoms with Crippen LogP contribution in [-0.2, 0) is 11.2 Å². The molecular formula is C22H25BN2O2. The standard InChI is InChI=1S/C19H16BNO2.C3H9N/c20-13-16(22)11-12-17-21-18(14-7-3-1-4-8-14)19(23-17)15-9-5-2-6-10-15;1-4(2)3/h1-10H,11-13H2;1-3H3. The number of hydrogen-bond donors (Lipinski definition) is 0. The van der Waals surface area contributed by atoms with E-state index in [1.165, 1.54) is 0 Å². The van der Waals surface area contributed by atoms with Crippen LogP contribution >= 0.6 is 0 Å². The fourth-order valence-electron chi connectivity index (χ4n) is 2.40. The molecule has 0 spiro atoms. The fourth-order valence-corrected chi connectivity index (χ4v) is 2.40. The summed E-state index contributed by atoms with van der Waals surface area (Å²) < 4.78 is 5.95. The Hall–Kier alpha value is -2.66. The van der Waals surface area contributed by atoms with Crippen LogP contribution in [0.15, 0.2) is 65.1 Å². The lowest BCUT2D eigenvalue weighted by Gasteiger charge is -2.00. The maximum absolute atomic E-state index is 11.4. The summed E-state index contributed by atoms with van der Waals surface area (Å²) >= 11 is 0. The third-order valence-electron chi connectivity index (χ3n) is 3.60. The zero-order valence-corrected chi connectivity index (χ0v) is 16.2. The number of rotatable bonds is 6. The van der Waals surface area contributed by atoms with Gasteiger partial charge in [-0.3, -0.25) is 0 Å². The van der Waals surface area contributed by atoms with Crippen molar-refractivity contribution in [3.05, 3.63) is 66.6 Å². The lowest BCUT2D eigenvalue weighted by Crippen LogP contribution is -1.99. The van der Waals surface area contributed by atoms with Crippen LogP contribution in [0.25, 0.3) is 22.6 Å². The molecule has 0 fully saturated rings. The van der Waals surface area contributed by atoms with Crippen LogP contribution < -0.4 is 0 Å². The normalized spacial score (nSPS) is 10.4. The minimum Gasteiger partial charge on any atom is -0.440 e. The average Bonchev–Trinajstić information content (AvgIpc) is 3.11. The Morgan fingerprint density at radius 3 is 2.00 bits per heavy atom. The van der Waals surface area contributed by atoms with Crippen molar-refractivity contribution in [1.82, 2.24) is 9.88 Å². The second-order valence-electron chi connectivity index (χ2n) is 6.60. The third kappa shape index (κ3) is 6.53. The number of carbonyl (C=O) groups is 1. The van der Waals surface area contributed by atoms with Crippen molar-refractivity contribution < 1.29 is 9.21 Å². The molecule has 2 radical (unpaired) electrons. The summed E-state index contributed by atoms with van der Waals surface area (Å²) in [5.74, 6) is 1.29. The predicted molar refractivity (Wildman–Crippen MR) is 111 cm³/mol. The van der Waals surface area contributed by atoms with E-state index in [4.69, 9.17) is 12.3 Å². The van der Waals surface area contributed by atoms with Crippen LogP contribution in [0.4, 0.5) is 0 Å². The maximum Gasteiger partial charge on any atom is 0.195 e. The Morgan fingerprint density at radius 1 is 0.963 bits per heavy atom. The SMILES string of the molecule is CN(C)C.[B]CC(=O)CCc1nc(-c2ccccc2)c(-c2ccccc2)o1. The Labute approximate surface area is 162 Å². The summed E-state index contributed by atoms with van der Waals surface area (Å²) in [7, 11) is 11.4. The highest BCUT2D eigenvalue weighted by atomic mass is 16.4. The largest absolute Gasteiger partial charge is 0.440 e. The Morgan fingerprint density at radius 2 is 1.48 bits per heavy atom. The number of oxazole rings is 1. The zero-order valence-electron chi connectivity index (χ0n) is 16.2. The van der Waals surface area contributed by atoms with E-state index < -0.39 is 0 Å². The van der Waals surface area contributed by atoms with E-state index in [2.05, 4.69) is 4.98 Å². The van der Waals surface area contributed by atoms with E-state index in [-0.39, 0.29) is 12.1 Å². The van der Waals surface area contributed by atoms with E-state index in [1.807, 2.05) is 86.7 Å². The predicted octanol–water partition coefficient (Wildman–Crippen LogP) is 4.27. The first-order valence-electron chi connectivity index (χ1n) is 8.94. The van der Waals surface area contributed by atoms with Crippen molar-refractivity contribution in [1.29, 1.82) is 0 Å². The highest BCUT2D eigenvalue weighted by Gasteiger charge is 2.17. The van der Waals surface area contributed by atoms with Gasteiger partial charge in [0.1, 0.15) is 11.5 Å². The van der Waals surface area contributed by atoms with E-state index in [0.29, 0.717) is 18.7 Å². The lowest BCUT2D eigenvalue weighted by atomic mass is 9.98. The van der Waals surface area contributed by atoms with Crippen molar-refractivity contribution in [3.63, 3.8) is 0 Å². The Balaban J connectivity index is 0.000000596. The fraction of sp³-hybridized carbons (Fsp3) is 0.273. The van der Waals surface area contributed by atoms with E-state index >= 15 is 0 Å². The summed E-state index contributed by atoms with van der Waals surface area (Å²) in [5.41, 5.74) is 2.76. The molecule has 0 N–H and O–H groups in total. The summed E-state index contributed by atoms with van der Waals surface area (Å²) in [6.07, 6.45) is 0.861. The zero-order chi connectivity index (χ0) is 19.6. The topological polar surface area (TPSA) is 46.3 Å². The Bertz CT molecular complexity index is 770. The molecule has 0 aliphatic heterocycles. The van der Waals surface area contributed by atoms with Gasteiger partial charge >= 0.3 is 0 Å². The minimum atomic E-state index is 0.00530. The van der Waals surface area contributed by atoms with Gasteiger partial charge in [0.15, 0.2) is 11.7 Å². The smallest absolute Gasteiger partial charge is 0.195 e. The molecule has 3 rings (SSSR count). The molecule has 0 atom stereocenters. The molecule has 1 heterocycles. The third-order valence-corrected chi connectivity index (χ3v) is 3.60. The van der Waals surface area contributed by atoms with E-state index in [1.54, 1.807) is 0 Å². The molecule has 0 aliphatic rings. The number of Topliss-reactive ketones (excluding diaryl/α,β-unsaturated/α-hetero) is 1. The van der Waals surface area contributed by atoms with Crippen LogP contribution in [0, 0.1) is 0 Å². The number of benzene rings is 2. The molecule has 5 heteroatoms. The molecule has 0 unspecified atom stereocenters. The van der Waals surface area contributed by atoms with Crippen molar-refractivity contribution in [2.45, 2.75) is 19.2 Å². The van der Waals surface area contributed by atoms with Gasteiger partial charge in [0.2, 0.25) is 0 Å². The quantitative estimate of drug-likeness (QED) is 0.616. The molecule has 0 amide bonds. The molecule has 0 saturated carbocycles. The molecule has 27 heavy (non-hydrogen) atoms. The summed E-state index contributed by atoms with van der Waals surface area (Å²) in [6.45, 7) is 0. The molecule has 138 valence electrons. The number of aryl methyl sites for hydroxylation is 1. The van der Waals surface area contributed by atoms with Gasteiger partial charge in [-0.15, -0.1) is 0 Å². The second-order valence-corrected chi connectivity index (χ2v) is 6.60. The van der Waals surface area contributed by atoms with E-state index in [9.17, 15) is 4.79 Å². The number of ketones is 1. The van der Waals surface area contributed by atoms with Crippen LogP contribution in [0.3, 0.4) is 0 Å². The Kier molecular flexibility index (Phi) is 8.02. The van der Waals surface area contributed by atoms with Gasteiger partial charge in [-0.1, -0.05) is 60.7 Å². The molecule has 0 saturated heterocycles. The first-order chi connectivity index (χ1) is 13.0. The molecule has 2 aromatic carbocycles. The van der Waals surface area contributed by atoms with Gasteiger partial charge in [0, 0.05) is 24.0 Å². The van der Waals surface area contributed by atoms with Gasteiger partial charge in [-0.25, -0.2) is 4.98 Å². The molecule has 0 aliphatic carbocycles. The van der Waals surface area contributed by atoms with Gasteiger partial charge in [-0.05, 0) is 27.5 Å². The van der Waals surface area contributed by atoms with Gasteiger partial charge in [-0.2, -0.15) is 0 Å². The van der Waals surface area contributed by atoms with Gasteiger partial charge in [0.25, 0.3) is 0 Å². The summed E-state index contributed by atoms with van der Waals surface area (Å²) in [6, 6.07) is 19.8. The average molecular weight is 360 g/mol. The number of carbonyl (C=O) groups excluding carboxylic acids is 1. The number of nitrogens with zero attached hydrogens (tertiary/aromatic N) is 2. The first-order valence-corrected chi connectivity index (χ1v) is 8.94. The van der Waals surface area contributed by atoms with E-state index in [0.717, 1.165) is 22.6 Å². The number of hydrogen-bond acceptors (Lipinski definition) is 4. The highest BCUT2D eigenvalue weighted by Crippen LogP contribution is 2.32. The van der Waals surface area contributed by atoms with Crippen molar-refractivity contribution in [3.8, 4) is 22.6 Å². The maximum atomic E-state index is 11.4. The second kappa shape index (κ2) is 10.5. The van der Waals surface area contributed by atoms with Gasteiger partial charge in [0.05, 0.1) is 7.85 Å². The van der Waals surface area contributed by atoms with Crippen LogP contribution in [0.1, 0.15) is 12.3 Å². The molecule has 0 bridgehead atoms. The molecule has 3 aromatic rings. The van der Waals surface area contributed by atoms with Crippen LogP contribution in [0.5, 0.6) is 0 Å². The first kappa shape index (κ1) is 20.7. The molecule has 1 aromatic heterocycles. The van der Waals surface area contributed by atoms with Crippen molar-refractivity contribution >= 4 is 13.6 Å². The minimum absolute atomic E-state index is 0.00530. The summed E-state index contributed by atoms with van der Waals surface area (Å²) in [4.78, 5) is 18.0. The van der Waals surface area contributed by atoms with Crippen LogP contribution in [-0.4, -0.2) is 44.7 Å². The highest BCUT2D eigenvalue weighted by molar-refractivity contribution is 6.20. The molecular weight excluding hydrogens is 335 g/mol. The molecule has 4 nitrogen and oxygen atoms in total.